The third kappa shape index (κ3) is 2.80. The van der Waals surface area contributed by atoms with Gasteiger partial charge in [-0.15, -0.1) is 0 Å². The molecule has 1 aromatic carbocycles. The maximum atomic E-state index is 12.8. The molecule has 3 rings (SSSR count). The number of carbonyl (C=O) groups excluding carboxylic acids is 1. The summed E-state index contributed by atoms with van der Waals surface area (Å²) in [5.41, 5.74) is 1.14. The van der Waals surface area contributed by atoms with Gasteiger partial charge in [0, 0.05) is 18.3 Å². The maximum Gasteiger partial charge on any atom is 0.311 e. The van der Waals surface area contributed by atoms with E-state index in [2.05, 4.69) is 4.98 Å². The summed E-state index contributed by atoms with van der Waals surface area (Å²) in [6.45, 7) is 2.41. The van der Waals surface area contributed by atoms with Gasteiger partial charge in [-0.2, -0.15) is 0 Å². The molecule has 7 heteroatoms. The Hall–Kier alpha value is -2.96. The van der Waals surface area contributed by atoms with Crippen molar-refractivity contribution < 1.29 is 14.8 Å². The lowest BCUT2D eigenvalue weighted by molar-refractivity contribution is -0.385. The number of hydrogen-bond acceptors (Lipinski definition) is 5. The van der Waals surface area contributed by atoms with Crippen LogP contribution in [0.3, 0.4) is 0 Å². The van der Waals surface area contributed by atoms with Gasteiger partial charge < -0.3 is 10.0 Å². The number of nitro benzene ring substituents is 1. The van der Waals surface area contributed by atoms with E-state index in [1.54, 1.807) is 4.90 Å². The summed E-state index contributed by atoms with van der Waals surface area (Å²) in [4.78, 5) is 29.2. The summed E-state index contributed by atoms with van der Waals surface area (Å²) in [6, 6.07) is 9.45. The van der Waals surface area contributed by atoms with E-state index in [1.165, 1.54) is 18.2 Å². The predicted octanol–water partition coefficient (Wildman–Crippen LogP) is 2.98. The second kappa shape index (κ2) is 6.27. The zero-order chi connectivity index (χ0) is 17.3. The van der Waals surface area contributed by atoms with Crippen molar-refractivity contribution in [3.63, 3.8) is 0 Å². The summed E-state index contributed by atoms with van der Waals surface area (Å²) >= 11 is 0. The maximum absolute atomic E-state index is 12.8. The molecule has 2 heterocycles. The molecule has 1 aliphatic heterocycles. The molecule has 1 atom stereocenters. The minimum atomic E-state index is -0.699. The van der Waals surface area contributed by atoms with Crippen LogP contribution in [-0.4, -0.2) is 32.4 Å². The van der Waals surface area contributed by atoms with Crippen LogP contribution in [-0.2, 0) is 0 Å². The number of phenols is 1. The first-order chi connectivity index (χ1) is 11.5. The van der Waals surface area contributed by atoms with E-state index in [4.69, 9.17) is 0 Å². The number of carbonyl (C=O) groups is 1. The Morgan fingerprint density at radius 3 is 2.79 bits per heavy atom. The molecule has 0 saturated carbocycles. The normalized spacial score (nSPS) is 17.0. The van der Waals surface area contributed by atoms with Crippen LogP contribution < -0.4 is 0 Å². The summed E-state index contributed by atoms with van der Waals surface area (Å²) < 4.78 is 0. The Bertz CT molecular complexity index is 806. The third-order valence-electron chi connectivity index (χ3n) is 4.21. The number of hydrogen-bond donors (Lipinski definition) is 1. The Kier molecular flexibility index (Phi) is 4.16. The molecule has 0 spiro atoms. The fourth-order valence-electron chi connectivity index (χ4n) is 3.07. The average Bonchev–Trinajstić information content (AvgIpc) is 3.03. The van der Waals surface area contributed by atoms with Crippen LogP contribution >= 0.6 is 0 Å². The molecule has 0 unspecified atom stereocenters. The molecule has 1 amide bonds. The molecule has 1 N–H and O–H groups in total. The second-order valence-electron chi connectivity index (χ2n) is 5.79. The number of nitro groups is 1. The molecule has 1 fully saturated rings. The molecule has 1 aromatic heterocycles. The topological polar surface area (TPSA) is 96.6 Å². The summed E-state index contributed by atoms with van der Waals surface area (Å²) in [5.74, 6) is -1.00. The Morgan fingerprint density at radius 1 is 1.33 bits per heavy atom. The van der Waals surface area contributed by atoms with E-state index in [1.807, 2.05) is 25.1 Å². The highest BCUT2D eigenvalue weighted by atomic mass is 16.6. The van der Waals surface area contributed by atoms with E-state index in [9.17, 15) is 20.0 Å². The number of amides is 1. The lowest BCUT2D eigenvalue weighted by Gasteiger charge is -2.24. The number of aromatic nitrogens is 1. The number of aromatic hydroxyl groups is 1. The third-order valence-corrected chi connectivity index (χ3v) is 4.21. The van der Waals surface area contributed by atoms with Gasteiger partial charge >= 0.3 is 5.69 Å². The van der Waals surface area contributed by atoms with Gasteiger partial charge in [-0.1, -0.05) is 12.1 Å². The monoisotopic (exact) mass is 327 g/mol. The largest absolute Gasteiger partial charge is 0.502 e. The van der Waals surface area contributed by atoms with Crippen molar-refractivity contribution in [3.8, 4) is 5.75 Å². The highest BCUT2D eigenvalue weighted by Crippen LogP contribution is 2.36. The standard InChI is InChI=1S/C17H17N3O4/c1-11-5-2-7-13(18-11)14-9-4-10-19(14)17(22)12-6-3-8-15(16(12)21)20(23)24/h2-3,5-8,14,21H,4,9-10H2,1H3/t14-/m0/s1. The molecule has 0 bridgehead atoms. The summed E-state index contributed by atoms with van der Waals surface area (Å²) in [5, 5.41) is 21.0. The van der Waals surface area contributed by atoms with Crippen molar-refractivity contribution in [2.75, 3.05) is 6.54 Å². The van der Waals surface area contributed by atoms with Gasteiger partial charge in [0.05, 0.1) is 22.2 Å². The van der Waals surface area contributed by atoms with Gasteiger partial charge in [-0.25, -0.2) is 0 Å². The van der Waals surface area contributed by atoms with E-state index in [-0.39, 0.29) is 11.6 Å². The van der Waals surface area contributed by atoms with Gasteiger partial charge in [-0.3, -0.25) is 19.9 Å². The number of para-hydroxylation sites is 1. The minimum Gasteiger partial charge on any atom is -0.502 e. The molecule has 0 aliphatic carbocycles. The van der Waals surface area contributed by atoms with Gasteiger partial charge in [0.2, 0.25) is 5.75 Å². The number of aryl methyl sites for hydroxylation is 1. The molecule has 1 saturated heterocycles. The first-order valence-corrected chi connectivity index (χ1v) is 7.70. The van der Waals surface area contributed by atoms with E-state index >= 15 is 0 Å². The predicted molar refractivity (Wildman–Crippen MR) is 86.7 cm³/mol. The Labute approximate surface area is 138 Å². The van der Waals surface area contributed by atoms with Gasteiger partial charge in [0.15, 0.2) is 0 Å². The smallest absolute Gasteiger partial charge is 0.311 e. The van der Waals surface area contributed by atoms with Crippen molar-refractivity contribution in [1.82, 2.24) is 9.88 Å². The Balaban J connectivity index is 1.95. The fourth-order valence-corrected chi connectivity index (χ4v) is 3.07. The van der Waals surface area contributed by atoms with Crippen LogP contribution in [0.5, 0.6) is 5.75 Å². The first-order valence-electron chi connectivity index (χ1n) is 7.70. The van der Waals surface area contributed by atoms with Crippen LogP contribution in [0.25, 0.3) is 0 Å². The van der Waals surface area contributed by atoms with Crippen molar-refractivity contribution in [3.05, 3.63) is 63.5 Å². The SMILES string of the molecule is Cc1cccc([C@@H]2CCCN2C(=O)c2cccc([N+](=O)[O-])c2O)n1. The lowest BCUT2D eigenvalue weighted by atomic mass is 10.1. The quantitative estimate of drug-likeness (QED) is 0.690. The van der Waals surface area contributed by atoms with Crippen LogP contribution in [0.4, 0.5) is 5.69 Å². The van der Waals surface area contributed by atoms with E-state index in [0.29, 0.717) is 6.54 Å². The minimum absolute atomic E-state index is 0.0521. The number of benzene rings is 1. The molecule has 124 valence electrons. The number of rotatable bonds is 3. The number of nitrogens with zero attached hydrogens (tertiary/aromatic N) is 3. The van der Waals surface area contributed by atoms with Crippen molar-refractivity contribution in [2.45, 2.75) is 25.8 Å². The number of phenolic OH excluding ortho intramolecular Hbond substituents is 1. The van der Waals surface area contributed by atoms with Gasteiger partial charge in [-0.05, 0) is 38.0 Å². The first kappa shape index (κ1) is 15.9. The van der Waals surface area contributed by atoms with Crippen LogP contribution in [0.2, 0.25) is 0 Å². The molecule has 0 radical (unpaired) electrons. The molecule has 7 nitrogen and oxygen atoms in total. The zero-order valence-corrected chi connectivity index (χ0v) is 13.2. The summed E-state index contributed by atoms with van der Waals surface area (Å²) in [6.07, 6.45) is 1.60. The lowest BCUT2D eigenvalue weighted by Crippen LogP contribution is -2.31. The van der Waals surface area contributed by atoms with Gasteiger partial charge in [0.1, 0.15) is 0 Å². The molecule has 1 aliphatic rings. The van der Waals surface area contributed by atoms with Crippen molar-refractivity contribution in [1.29, 1.82) is 0 Å². The molecule has 24 heavy (non-hydrogen) atoms. The van der Waals surface area contributed by atoms with Crippen LogP contribution in [0, 0.1) is 17.0 Å². The molecule has 2 aromatic rings. The van der Waals surface area contributed by atoms with E-state index < -0.39 is 22.3 Å². The molecular weight excluding hydrogens is 310 g/mol. The number of likely N-dealkylation sites (tertiary alicyclic amines) is 1. The van der Waals surface area contributed by atoms with Crippen molar-refractivity contribution >= 4 is 11.6 Å². The van der Waals surface area contributed by atoms with Crippen LogP contribution in [0.15, 0.2) is 36.4 Å². The van der Waals surface area contributed by atoms with Crippen molar-refractivity contribution in [2.24, 2.45) is 0 Å². The van der Waals surface area contributed by atoms with Crippen LogP contribution in [0.1, 0.15) is 40.6 Å². The average molecular weight is 327 g/mol. The molecular formula is C17H17N3O4. The van der Waals surface area contributed by atoms with Gasteiger partial charge in [0.25, 0.3) is 5.91 Å². The fraction of sp³-hybridized carbons (Fsp3) is 0.294. The highest BCUT2D eigenvalue weighted by Gasteiger charge is 2.34. The zero-order valence-electron chi connectivity index (χ0n) is 13.2. The second-order valence-corrected chi connectivity index (χ2v) is 5.79. The number of pyridine rings is 1. The van der Waals surface area contributed by atoms with E-state index in [0.717, 1.165) is 24.2 Å². The summed E-state index contributed by atoms with van der Waals surface area (Å²) in [7, 11) is 0. The highest BCUT2D eigenvalue weighted by molar-refractivity contribution is 5.98. The Morgan fingerprint density at radius 2 is 2.08 bits per heavy atom.